The molecule has 0 radical (unpaired) electrons. The van der Waals surface area contributed by atoms with Crippen molar-refractivity contribution >= 4 is 29.3 Å². The number of amides is 3. The number of piperidine rings is 2. The SMILES string of the molecule is O=C1CCC(Nc2ccc(N3CCC(Cc4ccc(F)c5c4CCN(C(=O)OCc4ccccc4)C5)CC3)c(F)c2)C(=O)N1. The highest BCUT2D eigenvalue weighted by molar-refractivity contribution is 6.01. The number of anilines is 2. The summed E-state index contributed by atoms with van der Waals surface area (Å²) < 4.78 is 35.5. The molecule has 3 aromatic rings. The van der Waals surface area contributed by atoms with Crippen LogP contribution in [0, 0.1) is 17.6 Å². The van der Waals surface area contributed by atoms with E-state index in [1.807, 2.05) is 41.3 Å². The van der Waals surface area contributed by atoms with Gasteiger partial charge in [-0.05, 0) is 79.0 Å². The van der Waals surface area contributed by atoms with Crippen LogP contribution in [0.5, 0.6) is 0 Å². The summed E-state index contributed by atoms with van der Waals surface area (Å²) in [4.78, 5) is 39.7. The van der Waals surface area contributed by atoms with Crippen molar-refractivity contribution in [1.29, 1.82) is 0 Å². The molecule has 0 aromatic heterocycles. The average Bonchev–Trinajstić information content (AvgIpc) is 3.03. The lowest BCUT2D eigenvalue weighted by atomic mass is 9.85. The first-order valence-corrected chi connectivity index (χ1v) is 15.2. The van der Waals surface area contributed by atoms with E-state index >= 15 is 4.39 Å². The van der Waals surface area contributed by atoms with Crippen LogP contribution in [0.1, 0.15) is 47.9 Å². The molecule has 0 saturated carbocycles. The quantitative estimate of drug-likeness (QED) is 0.355. The highest BCUT2D eigenvalue weighted by Gasteiger charge is 2.29. The van der Waals surface area contributed by atoms with Crippen molar-refractivity contribution in [3.63, 3.8) is 0 Å². The summed E-state index contributed by atoms with van der Waals surface area (Å²) in [5.74, 6) is -0.967. The first kappa shape index (κ1) is 29.6. The van der Waals surface area contributed by atoms with Gasteiger partial charge in [0.15, 0.2) is 0 Å². The number of nitrogens with zero attached hydrogens (tertiary/aromatic N) is 2. The summed E-state index contributed by atoms with van der Waals surface area (Å²) in [6.07, 6.45) is 3.32. The number of ether oxygens (including phenoxy) is 1. The zero-order valence-electron chi connectivity index (χ0n) is 24.5. The van der Waals surface area contributed by atoms with Crippen LogP contribution in [0.3, 0.4) is 0 Å². The molecule has 10 heteroatoms. The van der Waals surface area contributed by atoms with Gasteiger partial charge in [-0.15, -0.1) is 0 Å². The van der Waals surface area contributed by atoms with E-state index in [-0.39, 0.29) is 37.1 Å². The Morgan fingerprint density at radius 3 is 2.45 bits per heavy atom. The van der Waals surface area contributed by atoms with Crippen molar-refractivity contribution in [1.82, 2.24) is 10.2 Å². The van der Waals surface area contributed by atoms with Gasteiger partial charge in [0, 0.05) is 37.3 Å². The Labute approximate surface area is 255 Å². The summed E-state index contributed by atoms with van der Waals surface area (Å²) >= 11 is 0. The van der Waals surface area contributed by atoms with E-state index in [1.54, 1.807) is 17.0 Å². The van der Waals surface area contributed by atoms with Crippen LogP contribution in [0.2, 0.25) is 0 Å². The Kier molecular flexibility index (Phi) is 8.77. The zero-order chi connectivity index (χ0) is 30.6. The van der Waals surface area contributed by atoms with Gasteiger partial charge in [-0.3, -0.25) is 14.9 Å². The molecule has 6 rings (SSSR count). The number of carbonyl (C=O) groups is 3. The molecule has 0 aliphatic carbocycles. The second-order valence-electron chi connectivity index (χ2n) is 11.8. The second-order valence-corrected chi connectivity index (χ2v) is 11.8. The molecule has 0 spiro atoms. The molecule has 8 nitrogen and oxygen atoms in total. The topological polar surface area (TPSA) is 91.0 Å². The van der Waals surface area contributed by atoms with Crippen molar-refractivity contribution in [2.24, 2.45) is 5.92 Å². The van der Waals surface area contributed by atoms with Gasteiger partial charge in [0.1, 0.15) is 24.3 Å². The van der Waals surface area contributed by atoms with Gasteiger partial charge in [-0.2, -0.15) is 0 Å². The monoisotopic (exact) mass is 602 g/mol. The van der Waals surface area contributed by atoms with Crippen LogP contribution in [0.15, 0.2) is 60.7 Å². The number of imide groups is 1. The maximum atomic E-state index is 15.1. The van der Waals surface area contributed by atoms with Crippen molar-refractivity contribution in [2.75, 3.05) is 29.9 Å². The van der Waals surface area contributed by atoms with Gasteiger partial charge in [0.2, 0.25) is 11.8 Å². The molecule has 230 valence electrons. The fourth-order valence-electron chi connectivity index (χ4n) is 6.44. The summed E-state index contributed by atoms with van der Waals surface area (Å²) in [6.45, 7) is 2.24. The normalized spacial score (nSPS) is 18.9. The predicted octanol–water partition coefficient (Wildman–Crippen LogP) is 5.34. The van der Waals surface area contributed by atoms with E-state index in [4.69, 9.17) is 4.74 Å². The van der Waals surface area contributed by atoms with Gasteiger partial charge < -0.3 is 19.9 Å². The number of carbonyl (C=O) groups excluding carboxylic acids is 3. The van der Waals surface area contributed by atoms with Crippen LogP contribution in [0.25, 0.3) is 0 Å². The van der Waals surface area contributed by atoms with Gasteiger partial charge in [-0.25, -0.2) is 13.6 Å². The number of rotatable bonds is 7. The molecule has 1 unspecified atom stereocenters. The van der Waals surface area contributed by atoms with E-state index in [0.29, 0.717) is 55.3 Å². The molecule has 3 heterocycles. The van der Waals surface area contributed by atoms with Crippen LogP contribution in [0.4, 0.5) is 25.0 Å². The lowest BCUT2D eigenvalue weighted by molar-refractivity contribution is -0.133. The van der Waals surface area contributed by atoms with Crippen molar-refractivity contribution in [3.05, 3.63) is 94.6 Å². The molecule has 2 N–H and O–H groups in total. The van der Waals surface area contributed by atoms with Crippen LogP contribution < -0.4 is 15.5 Å². The molecular weight excluding hydrogens is 566 g/mol. The highest BCUT2D eigenvalue weighted by atomic mass is 19.1. The summed E-state index contributed by atoms with van der Waals surface area (Å²) in [5, 5.41) is 5.33. The zero-order valence-corrected chi connectivity index (χ0v) is 24.5. The first-order valence-electron chi connectivity index (χ1n) is 15.2. The molecule has 44 heavy (non-hydrogen) atoms. The Morgan fingerprint density at radius 1 is 0.909 bits per heavy atom. The number of nitrogens with one attached hydrogen (secondary N) is 2. The van der Waals surface area contributed by atoms with E-state index in [1.165, 1.54) is 12.1 Å². The van der Waals surface area contributed by atoms with E-state index < -0.39 is 18.0 Å². The Morgan fingerprint density at radius 2 is 1.70 bits per heavy atom. The molecule has 3 aromatic carbocycles. The molecular formula is C34H36F2N4O4. The fraction of sp³-hybridized carbons (Fsp3) is 0.382. The van der Waals surface area contributed by atoms with Gasteiger partial charge >= 0.3 is 6.09 Å². The number of fused-ring (bicyclic) bond motifs is 1. The molecule has 3 aliphatic rings. The van der Waals surface area contributed by atoms with Gasteiger partial charge in [0.05, 0.1) is 12.2 Å². The summed E-state index contributed by atoms with van der Waals surface area (Å²) in [7, 11) is 0. The van der Waals surface area contributed by atoms with Crippen LogP contribution >= 0.6 is 0 Å². The first-order chi connectivity index (χ1) is 21.3. The minimum absolute atomic E-state index is 0.178. The van der Waals surface area contributed by atoms with E-state index in [9.17, 15) is 18.8 Å². The number of benzene rings is 3. The third-order valence-electron chi connectivity index (χ3n) is 8.91. The maximum Gasteiger partial charge on any atom is 0.410 e. The molecule has 1 atom stereocenters. The highest BCUT2D eigenvalue weighted by Crippen LogP contribution is 2.32. The third-order valence-corrected chi connectivity index (χ3v) is 8.91. The van der Waals surface area contributed by atoms with E-state index in [2.05, 4.69) is 10.6 Å². The summed E-state index contributed by atoms with van der Waals surface area (Å²) in [5.41, 5.74) is 4.60. The predicted molar refractivity (Wildman–Crippen MR) is 162 cm³/mol. The number of hydrogen-bond donors (Lipinski definition) is 2. The molecule has 2 fully saturated rings. The lowest BCUT2D eigenvalue weighted by Gasteiger charge is -2.35. The number of halogens is 2. The standard InChI is InChI=1S/C34H36F2N4O4/c35-28-8-6-24(26-14-17-40(20-27(26)28)34(43)44-21-23-4-2-1-3-5-23)18-22-12-15-39(16-13-22)31-10-7-25(19-29(31)36)37-30-9-11-32(41)38-33(30)42/h1-8,10,19,22,30,37H,9,11-18,20-21H2,(H,38,41,42). The molecule has 2 saturated heterocycles. The Balaban J connectivity index is 1.03. The Hall–Kier alpha value is -4.47. The maximum absolute atomic E-state index is 15.1. The van der Waals surface area contributed by atoms with Crippen molar-refractivity contribution in [3.8, 4) is 0 Å². The van der Waals surface area contributed by atoms with E-state index in [0.717, 1.165) is 36.0 Å². The van der Waals surface area contributed by atoms with Gasteiger partial charge in [-0.1, -0.05) is 36.4 Å². The minimum atomic E-state index is -0.567. The summed E-state index contributed by atoms with van der Waals surface area (Å²) in [6, 6.07) is 17.2. The minimum Gasteiger partial charge on any atom is -0.445 e. The number of hydrogen-bond acceptors (Lipinski definition) is 6. The molecule has 3 amide bonds. The average molecular weight is 603 g/mol. The largest absolute Gasteiger partial charge is 0.445 e. The Bertz CT molecular complexity index is 1540. The van der Waals surface area contributed by atoms with Crippen molar-refractivity contribution in [2.45, 2.75) is 57.7 Å². The van der Waals surface area contributed by atoms with Crippen molar-refractivity contribution < 1.29 is 27.9 Å². The molecule has 3 aliphatic heterocycles. The van der Waals surface area contributed by atoms with Crippen LogP contribution in [-0.4, -0.2) is 48.5 Å². The fourth-order valence-corrected chi connectivity index (χ4v) is 6.44. The van der Waals surface area contributed by atoms with Gasteiger partial charge in [0.25, 0.3) is 0 Å². The van der Waals surface area contributed by atoms with Crippen LogP contribution in [-0.2, 0) is 40.3 Å². The lowest BCUT2D eigenvalue weighted by Crippen LogP contribution is -2.47. The smallest absolute Gasteiger partial charge is 0.410 e. The molecule has 0 bridgehead atoms. The second kappa shape index (κ2) is 13.0. The third kappa shape index (κ3) is 6.69.